The topological polar surface area (TPSA) is 94.7 Å². The first kappa shape index (κ1) is 25.2. The fraction of sp³-hybridized carbons (Fsp3) is 0.167. The molecule has 0 amide bonds. The molecule has 1 fully saturated rings. The van der Waals surface area contributed by atoms with Crippen LogP contribution in [-0.4, -0.2) is 21.2 Å². The molecule has 3 aromatic carbocycles. The first-order chi connectivity index (χ1) is 18.9. The van der Waals surface area contributed by atoms with Gasteiger partial charge in [-0.2, -0.15) is 0 Å². The van der Waals surface area contributed by atoms with Crippen LogP contribution in [0.2, 0.25) is 10.0 Å². The Morgan fingerprint density at radius 2 is 1.69 bits per heavy atom. The number of ether oxygens (including phenoxy) is 2. The number of benzene rings is 3. The van der Waals surface area contributed by atoms with Gasteiger partial charge in [0.15, 0.2) is 0 Å². The summed E-state index contributed by atoms with van der Waals surface area (Å²) in [6.45, 7) is 0.266. The molecule has 0 saturated heterocycles. The van der Waals surface area contributed by atoms with E-state index in [0.717, 1.165) is 34.9 Å². The maximum atomic E-state index is 10.9. The zero-order chi connectivity index (χ0) is 26.9. The van der Waals surface area contributed by atoms with Gasteiger partial charge in [-0.3, -0.25) is 4.79 Å². The number of hydrogen-bond donors (Lipinski definition) is 1. The highest BCUT2D eigenvalue weighted by molar-refractivity contribution is 6.39. The van der Waals surface area contributed by atoms with Gasteiger partial charge >= 0.3 is 5.97 Å². The van der Waals surface area contributed by atoms with Gasteiger partial charge in [0.05, 0.1) is 22.0 Å². The van der Waals surface area contributed by atoms with Gasteiger partial charge in [0.25, 0.3) is 0 Å². The Kier molecular flexibility index (Phi) is 6.85. The summed E-state index contributed by atoms with van der Waals surface area (Å²) in [5, 5.41) is 16.2. The lowest BCUT2D eigenvalue weighted by molar-refractivity contribution is -0.136. The third-order valence-electron chi connectivity index (χ3n) is 6.51. The lowest BCUT2D eigenvalue weighted by Gasteiger charge is -2.11. The standard InChI is InChI=1S/C30H22Cl2N2O5/c31-24-2-1-3-25(32)28(24)29-23(30(39-34-29)18-5-6-18)16-37-21-9-7-20-14-22(10-8-19(20)13-21)38-26-11-4-17(15-33-26)12-27(35)36/h1-4,7-11,13-15,18H,5-6,12,16H2,(H,35,36). The highest BCUT2D eigenvalue weighted by Crippen LogP contribution is 2.46. The average Bonchev–Trinajstić information content (AvgIpc) is 3.68. The van der Waals surface area contributed by atoms with Crippen LogP contribution in [0.15, 0.2) is 77.4 Å². The van der Waals surface area contributed by atoms with Crippen molar-refractivity contribution in [1.29, 1.82) is 0 Å². The molecule has 6 rings (SSSR count). The summed E-state index contributed by atoms with van der Waals surface area (Å²) < 4.78 is 17.8. The summed E-state index contributed by atoms with van der Waals surface area (Å²) in [4.78, 5) is 15.1. The third-order valence-corrected chi connectivity index (χ3v) is 7.14. The molecule has 1 saturated carbocycles. The molecule has 0 spiro atoms. The van der Waals surface area contributed by atoms with Crippen molar-refractivity contribution in [1.82, 2.24) is 10.1 Å². The van der Waals surface area contributed by atoms with Crippen LogP contribution in [-0.2, 0) is 17.8 Å². The van der Waals surface area contributed by atoms with Crippen LogP contribution in [0, 0.1) is 0 Å². The minimum Gasteiger partial charge on any atom is -0.489 e. The minimum absolute atomic E-state index is 0.0816. The van der Waals surface area contributed by atoms with Crippen LogP contribution >= 0.6 is 23.2 Å². The van der Waals surface area contributed by atoms with E-state index >= 15 is 0 Å². The molecule has 2 aromatic heterocycles. The molecule has 0 radical (unpaired) electrons. The quantitative estimate of drug-likeness (QED) is 0.194. The molecule has 0 unspecified atom stereocenters. The number of hydrogen-bond acceptors (Lipinski definition) is 6. The molecule has 1 aliphatic carbocycles. The monoisotopic (exact) mass is 560 g/mol. The molecule has 1 N–H and O–H groups in total. The maximum Gasteiger partial charge on any atom is 0.307 e. The van der Waals surface area contributed by atoms with Gasteiger partial charge in [0, 0.05) is 23.7 Å². The first-order valence-electron chi connectivity index (χ1n) is 12.4. The number of fused-ring (bicyclic) bond motifs is 1. The van der Waals surface area contributed by atoms with Gasteiger partial charge in [-0.15, -0.1) is 0 Å². The van der Waals surface area contributed by atoms with Crippen molar-refractivity contribution in [3.05, 3.63) is 99.9 Å². The van der Waals surface area contributed by atoms with Gasteiger partial charge in [-0.25, -0.2) is 4.98 Å². The largest absolute Gasteiger partial charge is 0.489 e. The summed E-state index contributed by atoms with van der Waals surface area (Å²) in [6.07, 6.45) is 3.53. The van der Waals surface area contributed by atoms with Crippen LogP contribution in [0.5, 0.6) is 17.4 Å². The van der Waals surface area contributed by atoms with Crippen molar-refractivity contribution in [2.45, 2.75) is 31.8 Å². The Morgan fingerprint density at radius 1 is 0.974 bits per heavy atom. The van der Waals surface area contributed by atoms with Gasteiger partial charge in [-0.05, 0) is 65.6 Å². The molecule has 196 valence electrons. The molecule has 9 heteroatoms. The second-order valence-corrected chi connectivity index (χ2v) is 10.2. The van der Waals surface area contributed by atoms with E-state index in [0.29, 0.717) is 50.2 Å². The lowest BCUT2D eigenvalue weighted by atomic mass is 10.0. The first-order valence-corrected chi connectivity index (χ1v) is 13.1. The zero-order valence-electron chi connectivity index (χ0n) is 20.6. The molecular weight excluding hydrogens is 539 g/mol. The van der Waals surface area contributed by atoms with E-state index in [1.807, 2.05) is 36.4 Å². The summed E-state index contributed by atoms with van der Waals surface area (Å²) >= 11 is 12.9. The van der Waals surface area contributed by atoms with E-state index in [-0.39, 0.29) is 13.0 Å². The zero-order valence-corrected chi connectivity index (χ0v) is 22.1. The Balaban J connectivity index is 1.20. The second-order valence-electron chi connectivity index (χ2n) is 9.38. The van der Waals surface area contributed by atoms with E-state index in [9.17, 15) is 4.79 Å². The Labute approximate surface area is 233 Å². The van der Waals surface area contributed by atoms with Gasteiger partial charge < -0.3 is 19.1 Å². The van der Waals surface area contributed by atoms with E-state index in [1.165, 1.54) is 6.20 Å². The van der Waals surface area contributed by atoms with Crippen LogP contribution in [0.1, 0.15) is 35.6 Å². The second kappa shape index (κ2) is 10.6. The Hall–Kier alpha value is -4.07. The van der Waals surface area contributed by atoms with Gasteiger partial charge in [-0.1, -0.05) is 52.6 Å². The summed E-state index contributed by atoms with van der Waals surface area (Å²) in [5.74, 6) is 1.97. The number of rotatable bonds is 9. The summed E-state index contributed by atoms with van der Waals surface area (Å²) in [5.41, 5.74) is 2.73. The number of carbonyl (C=O) groups is 1. The van der Waals surface area contributed by atoms with Crippen LogP contribution in [0.4, 0.5) is 0 Å². The molecule has 39 heavy (non-hydrogen) atoms. The molecule has 1 aliphatic rings. The third kappa shape index (κ3) is 5.55. The molecule has 0 bridgehead atoms. The molecule has 5 aromatic rings. The number of aliphatic carboxylic acids is 1. The number of aromatic nitrogens is 2. The summed E-state index contributed by atoms with van der Waals surface area (Å²) in [6, 6.07) is 20.2. The van der Waals surface area contributed by atoms with Crippen molar-refractivity contribution in [2.75, 3.05) is 0 Å². The Bertz CT molecular complexity index is 1660. The van der Waals surface area contributed by atoms with Crippen molar-refractivity contribution in [2.24, 2.45) is 0 Å². The maximum absolute atomic E-state index is 10.9. The fourth-order valence-electron chi connectivity index (χ4n) is 4.43. The highest BCUT2D eigenvalue weighted by atomic mass is 35.5. The van der Waals surface area contributed by atoms with E-state index < -0.39 is 5.97 Å². The van der Waals surface area contributed by atoms with Crippen LogP contribution in [0.3, 0.4) is 0 Å². The van der Waals surface area contributed by atoms with E-state index in [2.05, 4.69) is 10.1 Å². The molecule has 0 atom stereocenters. The van der Waals surface area contributed by atoms with Crippen molar-refractivity contribution in [3.8, 4) is 28.6 Å². The number of halogens is 2. The van der Waals surface area contributed by atoms with Gasteiger partial charge in [0.2, 0.25) is 5.88 Å². The number of pyridine rings is 1. The number of carboxylic acids is 1. The lowest BCUT2D eigenvalue weighted by Crippen LogP contribution is -2.00. The predicted octanol–water partition coefficient (Wildman–Crippen LogP) is 8.07. The molecule has 7 nitrogen and oxygen atoms in total. The van der Waals surface area contributed by atoms with Gasteiger partial charge in [0.1, 0.15) is 29.6 Å². The smallest absolute Gasteiger partial charge is 0.307 e. The SMILES string of the molecule is O=C(O)Cc1ccc(Oc2ccc3cc(OCc4c(-c5c(Cl)cccc5Cl)noc4C4CC4)ccc3c2)nc1. The van der Waals surface area contributed by atoms with Crippen molar-refractivity contribution < 1.29 is 23.9 Å². The van der Waals surface area contributed by atoms with Crippen molar-refractivity contribution in [3.63, 3.8) is 0 Å². The summed E-state index contributed by atoms with van der Waals surface area (Å²) in [7, 11) is 0. The molecular formula is C30H22Cl2N2O5. The Morgan fingerprint density at radius 3 is 2.36 bits per heavy atom. The molecule has 2 heterocycles. The van der Waals surface area contributed by atoms with E-state index in [1.54, 1.807) is 30.3 Å². The van der Waals surface area contributed by atoms with E-state index in [4.69, 9.17) is 42.3 Å². The highest BCUT2D eigenvalue weighted by Gasteiger charge is 2.33. The normalized spacial score (nSPS) is 13.0. The molecule has 0 aliphatic heterocycles. The number of carboxylic acid groups (broad SMARTS) is 1. The van der Waals surface area contributed by atoms with Crippen LogP contribution in [0.25, 0.3) is 22.0 Å². The van der Waals surface area contributed by atoms with Crippen LogP contribution < -0.4 is 9.47 Å². The van der Waals surface area contributed by atoms with Crippen molar-refractivity contribution >= 4 is 39.9 Å². The minimum atomic E-state index is -0.904. The fourth-order valence-corrected chi connectivity index (χ4v) is 5.01. The predicted molar refractivity (Wildman–Crippen MR) is 148 cm³/mol. The average molecular weight is 561 g/mol. The number of nitrogens with zero attached hydrogens (tertiary/aromatic N) is 2.